The number of carbonyl (C=O) groups excluding carboxylic acids is 3. The topological polar surface area (TPSA) is 85.8 Å². The third-order valence-electron chi connectivity index (χ3n) is 5.34. The molecular weight excluding hydrogens is 348 g/mol. The van der Waals surface area contributed by atoms with Gasteiger partial charge in [0, 0.05) is 19.2 Å². The van der Waals surface area contributed by atoms with Gasteiger partial charge < -0.3 is 9.47 Å². The van der Waals surface area contributed by atoms with Crippen LogP contribution >= 0.6 is 0 Å². The molecule has 0 aliphatic heterocycles. The van der Waals surface area contributed by atoms with E-state index in [0.717, 1.165) is 18.4 Å². The highest BCUT2D eigenvalue weighted by atomic mass is 16.5. The minimum atomic E-state index is -1.52. The molecule has 0 bridgehead atoms. The number of amides is 1. The molecular formula is C20H28N2O5. The van der Waals surface area contributed by atoms with Crippen LogP contribution in [0.25, 0.3) is 0 Å². The largest absolute Gasteiger partial charge is 0.468 e. The third-order valence-corrected chi connectivity index (χ3v) is 5.34. The second-order valence-corrected chi connectivity index (χ2v) is 6.91. The summed E-state index contributed by atoms with van der Waals surface area (Å²) in [6, 6.07) is 0. The number of methoxy groups -OCH3 is 2. The number of hydrogen-bond acceptors (Lipinski definition) is 6. The Bertz CT molecular complexity index is 756. The maximum Gasteiger partial charge on any atom is 0.327 e. The molecule has 0 spiro atoms. The standard InChI is InChI=1S/C20H28N2O5/c1-7-8-11-22(14(4)23)17-12(2)16-15(13(3)21-17)9-10-20(16,18(24)26-5)19(25)27-6/h7-11H2,1-6H3. The summed E-state index contributed by atoms with van der Waals surface area (Å²) < 4.78 is 9.97. The van der Waals surface area contributed by atoms with E-state index in [1.807, 2.05) is 13.8 Å². The highest BCUT2D eigenvalue weighted by Crippen LogP contribution is 2.46. The van der Waals surface area contributed by atoms with Gasteiger partial charge in [-0.25, -0.2) is 4.98 Å². The van der Waals surface area contributed by atoms with Crippen molar-refractivity contribution in [2.45, 2.75) is 58.8 Å². The van der Waals surface area contributed by atoms with E-state index < -0.39 is 17.4 Å². The maximum absolute atomic E-state index is 12.7. The molecule has 1 aromatic rings. The van der Waals surface area contributed by atoms with Crippen LogP contribution < -0.4 is 4.90 Å². The van der Waals surface area contributed by atoms with Crippen molar-refractivity contribution in [3.63, 3.8) is 0 Å². The minimum Gasteiger partial charge on any atom is -0.468 e. The van der Waals surface area contributed by atoms with E-state index in [9.17, 15) is 14.4 Å². The summed E-state index contributed by atoms with van der Waals surface area (Å²) in [6.07, 6.45) is 2.55. The number of unbranched alkanes of at least 4 members (excludes halogenated alkanes) is 1. The molecule has 0 saturated heterocycles. The number of rotatable bonds is 6. The molecule has 1 heterocycles. The van der Waals surface area contributed by atoms with Crippen LogP contribution in [-0.2, 0) is 35.7 Å². The van der Waals surface area contributed by atoms with Crippen LogP contribution in [0.3, 0.4) is 0 Å². The van der Waals surface area contributed by atoms with Gasteiger partial charge in [0.05, 0.1) is 14.2 Å². The molecule has 7 heteroatoms. The second-order valence-electron chi connectivity index (χ2n) is 6.91. The highest BCUT2D eigenvalue weighted by Gasteiger charge is 2.56. The first-order valence-electron chi connectivity index (χ1n) is 9.21. The zero-order valence-corrected chi connectivity index (χ0v) is 17.0. The first-order valence-corrected chi connectivity index (χ1v) is 9.21. The van der Waals surface area contributed by atoms with Crippen molar-refractivity contribution < 1.29 is 23.9 Å². The molecule has 2 rings (SSSR count). The van der Waals surface area contributed by atoms with Gasteiger partial charge >= 0.3 is 11.9 Å². The van der Waals surface area contributed by atoms with E-state index in [4.69, 9.17) is 9.47 Å². The minimum absolute atomic E-state index is 0.127. The highest BCUT2D eigenvalue weighted by molar-refractivity contribution is 6.08. The Morgan fingerprint density at radius 3 is 2.22 bits per heavy atom. The van der Waals surface area contributed by atoms with Crippen molar-refractivity contribution in [1.29, 1.82) is 0 Å². The predicted molar refractivity (Wildman–Crippen MR) is 101 cm³/mol. The monoisotopic (exact) mass is 376 g/mol. The molecule has 1 aliphatic rings. The number of anilines is 1. The van der Waals surface area contributed by atoms with Gasteiger partial charge in [0.1, 0.15) is 5.82 Å². The summed E-state index contributed by atoms with van der Waals surface area (Å²) in [7, 11) is 2.52. The van der Waals surface area contributed by atoms with Crippen LogP contribution in [0.2, 0.25) is 0 Å². The average molecular weight is 376 g/mol. The Labute approximate surface area is 160 Å². The van der Waals surface area contributed by atoms with Crippen molar-refractivity contribution in [3.8, 4) is 0 Å². The summed E-state index contributed by atoms with van der Waals surface area (Å²) in [4.78, 5) is 44.0. The summed E-state index contributed by atoms with van der Waals surface area (Å²) >= 11 is 0. The fourth-order valence-corrected chi connectivity index (χ4v) is 3.98. The van der Waals surface area contributed by atoms with Gasteiger partial charge in [-0.15, -0.1) is 0 Å². The van der Waals surface area contributed by atoms with Gasteiger partial charge in [0.25, 0.3) is 0 Å². The number of aryl methyl sites for hydroxylation is 1. The molecule has 27 heavy (non-hydrogen) atoms. The quantitative estimate of drug-likeness (QED) is 0.560. The van der Waals surface area contributed by atoms with E-state index >= 15 is 0 Å². The number of pyridine rings is 1. The number of fused-ring (bicyclic) bond motifs is 1. The summed E-state index contributed by atoms with van der Waals surface area (Å²) in [5.41, 5.74) is 1.27. The lowest BCUT2D eigenvalue weighted by molar-refractivity contribution is -0.162. The van der Waals surface area contributed by atoms with Crippen LogP contribution in [0.4, 0.5) is 5.82 Å². The Morgan fingerprint density at radius 2 is 1.74 bits per heavy atom. The van der Waals surface area contributed by atoms with E-state index in [0.29, 0.717) is 35.6 Å². The van der Waals surface area contributed by atoms with E-state index in [1.54, 1.807) is 11.8 Å². The van der Waals surface area contributed by atoms with Crippen LogP contribution in [0.1, 0.15) is 55.5 Å². The molecule has 1 aromatic heterocycles. The summed E-state index contributed by atoms with van der Waals surface area (Å²) in [5, 5.41) is 0. The number of nitrogens with zero attached hydrogens (tertiary/aromatic N) is 2. The lowest BCUT2D eigenvalue weighted by Crippen LogP contribution is -2.44. The number of hydrogen-bond donors (Lipinski definition) is 0. The number of ether oxygens (including phenoxy) is 2. The Kier molecular flexibility index (Phi) is 6.23. The van der Waals surface area contributed by atoms with Crippen LogP contribution in [0.15, 0.2) is 0 Å². The number of esters is 2. The maximum atomic E-state index is 12.7. The predicted octanol–water partition coefficient (Wildman–Crippen LogP) is 2.38. The molecule has 0 atom stereocenters. The molecule has 0 fully saturated rings. The molecule has 0 aromatic carbocycles. The van der Waals surface area contributed by atoms with Crippen molar-refractivity contribution in [3.05, 3.63) is 22.4 Å². The molecule has 1 amide bonds. The van der Waals surface area contributed by atoms with Gasteiger partial charge in [-0.05, 0) is 49.8 Å². The van der Waals surface area contributed by atoms with Crippen LogP contribution in [-0.4, -0.2) is 43.6 Å². The SMILES string of the molecule is CCCCN(C(C)=O)c1nc(C)c2c(c1C)C(C(=O)OC)(C(=O)OC)CC2. The van der Waals surface area contributed by atoms with Crippen molar-refractivity contribution in [2.75, 3.05) is 25.7 Å². The smallest absolute Gasteiger partial charge is 0.327 e. The first-order chi connectivity index (χ1) is 12.8. The fourth-order valence-electron chi connectivity index (χ4n) is 3.98. The Hall–Kier alpha value is -2.44. The number of aromatic nitrogens is 1. The molecule has 0 N–H and O–H groups in total. The lowest BCUT2D eigenvalue weighted by Gasteiger charge is -2.29. The molecule has 148 valence electrons. The normalized spacial score (nSPS) is 14.4. The van der Waals surface area contributed by atoms with Crippen LogP contribution in [0.5, 0.6) is 0 Å². The van der Waals surface area contributed by atoms with Crippen molar-refractivity contribution in [1.82, 2.24) is 4.98 Å². The van der Waals surface area contributed by atoms with E-state index in [-0.39, 0.29) is 12.3 Å². The van der Waals surface area contributed by atoms with Crippen LogP contribution in [0, 0.1) is 13.8 Å². The zero-order valence-electron chi connectivity index (χ0n) is 17.0. The fraction of sp³-hybridized carbons (Fsp3) is 0.600. The third kappa shape index (κ3) is 3.31. The molecule has 0 radical (unpaired) electrons. The van der Waals surface area contributed by atoms with E-state index in [2.05, 4.69) is 4.98 Å². The van der Waals surface area contributed by atoms with Gasteiger partial charge in [0.2, 0.25) is 5.91 Å². The molecule has 0 unspecified atom stereocenters. The zero-order chi connectivity index (χ0) is 20.4. The average Bonchev–Trinajstić information content (AvgIpc) is 3.06. The van der Waals surface area contributed by atoms with Gasteiger partial charge in [0.15, 0.2) is 5.41 Å². The molecule has 0 saturated carbocycles. The lowest BCUT2D eigenvalue weighted by atomic mass is 9.79. The van der Waals surface area contributed by atoms with E-state index in [1.165, 1.54) is 21.1 Å². The van der Waals surface area contributed by atoms with Crippen molar-refractivity contribution >= 4 is 23.7 Å². The number of carbonyl (C=O) groups is 3. The Morgan fingerprint density at radius 1 is 1.15 bits per heavy atom. The second kappa shape index (κ2) is 8.06. The molecule has 1 aliphatic carbocycles. The van der Waals surface area contributed by atoms with Gasteiger partial charge in [-0.2, -0.15) is 0 Å². The summed E-state index contributed by atoms with van der Waals surface area (Å²) in [6.45, 7) is 7.71. The molecule has 7 nitrogen and oxygen atoms in total. The summed E-state index contributed by atoms with van der Waals surface area (Å²) in [5.74, 6) is -0.921. The van der Waals surface area contributed by atoms with Gasteiger partial charge in [-0.1, -0.05) is 13.3 Å². The van der Waals surface area contributed by atoms with Gasteiger partial charge in [-0.3, -0.25) is 19.3 Å². The van der Waals surface area contributed by atoms with Crippen molar-refractivity contribution in [2.24, 2.45) is 0 Å². The first kappa shape index (κ1) is 20.9. The Balaban J connectivity index is 2.76.